The zero-order valence-electron chi connectivity index (χ0n) is 11.3. The van der Waals surface area contributed by atoms with E-state index in [1.165, 1.54) is 0 Å². The summed E-state index contributed by atoms with van der Waals surface area (Å²) in [6.07, 6.45) is 2.58. The molecule has 4 heteroatoms. The Hall–Kier alpha value is -1.39. The maximum absolute atomic E-state index is 10.9. The number of benzene rings is 1. The zero-order valence-corrected chi connectivity index (χ0v) is 11.3. The first kappa shape index (κ1) is 14.0. The van der Waals surface area contributed by atoms with E-state index in [4.69, 9.17) is 5.11 Å². The van der Waals surface area contributed by atoms with Gasteiger partial charge in [-0.3, -0.25) is 4.90 Å². The van der Waals surface area contributed by atoms with E-state index in [1.807, 2.05) is 13.0 Å². The second kappa shape index (κ2) is 5.72. The minimum atomic E-state index is -0.888. The van der Waals surface area contributed by atoms with Crippen molar-refractivity contribution in [2.75, 3.05) is 13.1 Å². The second-order valence-corrected chi connectivity index (χ2v) is 5.63. The third kappa shape index (κ3) is 4.04. The molecule has 1 aromatic carbocycles. The van der Waals surface area contributed by atoms with E-state index in [0.29, 0.717) is 5.56 Å². The van der Waals surface area contributed by atoms with Crippen LogP contribution in [0.15, 0.2) is 24.3 Å². The normalized spacial score (nSPS) is 24.9. The SMILES string of the molecule is CC1(O)CCCN(Cc2cccc(C(=O)O)c2)CC1. The predicted octanol–water partition coefficient (Wildman–Crippen LogP) is 2.12. The van der Waals surface area contributed by atoms with Crippen molar-refractivity contribution in [3.63, 3.8) is 0 Å². The Kier molecular flexibility index (Phi) is 4.22. The number of hydrogen-bond acceptors (Lipinski definition) is 3. The standard InChI is InChI=1S/C15H21NO3/c1-15(19)6-3-8-16(9-7-15)11-12-4-2-5-13(10-12)14(17)18/h2,4-5,10,19H,3,6-9,11H2,1H3,(H,17,18). The molecule has 1 fully saturated rings. The molecule has 0 aliphatic carbocycles. The fourth-order valence-corrected chi connectivity index (χ4v) is 2.54. The highest BCUT2D eigenvalue weighted by molar-refractivity contribution is 5.87. The van der Waals surface area contributed by atoms with Crippen LogP contribution in [0.5, 0.6) is 0 Å². The average Bonchev–Trinajstić information content (AvgIpc) is 2.51. The van der Waals surface area contributed by atoms with Crippen molar-refractivity contribution in [3.05, 3.63) is 35.4 Å². The lowest BCUT2D eigenvalue weighted by molar-refractivity contribution is 0.0444. The summed E-state index contributed by atoms with van der Waals surface area (Å²) in [5.74, 6) is -0.888. The van der Waals surface area contributed by atoms with Gasteiger partial charge in [-0.05, 0) is 50.4 Å². The van der Waals surface area contributed by atoms with Crippen LogP contribution in [0.3, 0.4) is 0 Å². The molecule has 1 atom stereocenters. The van der Waals surface area contributed by atoms with Crippen LogP contribution in [-0.4, -0.2) is 39.8 Å². The molecule has 0 amide bonds. The number of likely N-dealkylation sites (tertiary alicyclic amines) is 1. The van der Waals surface area contributed by atoms with E-state index >= 15 is 0 Å². The molecule has 0 spiro atoms. The summed E-state index contributed by atoms with van der Waals surface area (Å²) >= 11 is 0. The van der Waals surface area contributed by atoms with Gasteiger partial charge in [-0.15, -0.1) is 0 Å². The van der Waals surface area contributed by atoms with E-state index < -0.39 is 11.6 Å². The van der Waals surface area contributed by atoms with Crippen molar-refractivity contribution >= 4 is 5.97 Å². The molecule has 19 heavy (non-hydrogen) atoms. The Morgan fingerprint density at radius 1 is 1.37 bits per heavy atom. The summed E-state index contributed by atoms with van der Waals surface area (Å²) in [5.41, 5.74) is 0.790. The van der Waals surface area contributed by atoms with Crippen LogP contribution < -0.4 is 0 Å². The van der Waals surface area contributed by atoms with E-state index in [2.05, 4.69) is 4.90 Å². The zero-order chi connectivity index (χ0) is 13.9. The molecule has 1 aliphatic rings. The molecule has 104 valence electrons. The number of carboxylic acid groups (broad SMARTS) is 1. The van der Waals surface area contributed by atoms with Gasteiger partial charge in [0.2, 0.25) is 0 Å². The monoisotopic (exact) mass is 263 g/mol. The summed E-state index contributed by atoms with van der Waals surface area (Å²) in [6, 6.07) is 7.08. The molecule has 0 radical (unpaired) electrons. The van der Waals surface area contributed by atoms with Crippen LogP contribution in [0, 0.1) is 0 Å². The van der Waals surface area contributed by atoms with E-state index in [1.54, 1.807) is 18.2 Å². The minimum Gasteiger partial charge on any atom is -0.478 e. The van der Waals surface area contributed by atoms with Gasteiger partial charge in [0.05, 0.1) is 11.2 Å². The Bertz CT molecular complexity index is 456. The van der Waals surface area contributed by atoms with E-state index in [9.17, 15) is 9.90 Å². The lowest BCUT2D eigenvalue weighted by atomic mass is 9.98. The summed E-state index contributed by atoms with van der Waals surface area (Å²) in [6.45, 7) is 4.44. The van der Waals surface area contributed by atoms with Crippen LogP contribution >= 0.6 is 0 Å². The van der Waals surface area contributed by atoms with Gasteiger partial charge in [-0.1, -0.05) is 12.1 Å². The van der Waals surface area contributed by atoms with Gasteiger partial charge in [0.15, 0.2) is 0 Å². The third-order valence-electron chi connectivity index (χ3n) is 3.74. The largest absolute Gasteiger partial charge is 0.478 e. The molecule has 0 saturated carbocycles. The molecule has 1 saturated heterocycles. The lowest BCUT2D eigenvalue weighted by Crippen LogP contribution is -2.28. The number of carbonyl (C=O) groups is 1. The lowest BCUT2D eigenvalue weighted by Gasteiger charge is -2.22. The molecule has 2 N–H and O–H groups in total. The van der Waals surface area contributed by atoms with E-state index in [0.717, 1.165) is 44.5 Å². The van der Waals surface area contributed by atoms with Crippen molar-refractivity contribution in [2.45, 2.75) is 38.3 Å². The first-order valence-electron chi connectivity index (χ1n) is 6.73. The van der Waals surface area contributed by atoms with Crippen LogP contribution in [0.25, 0.3) is 0 Å². The number of aliphatic hydroxyl groups is 1. The highest BCUT2D eigenvalue weighted by Gasteiger charge is 2.24. The second-order valence-electron chi connectivity index (χ2n) is 5.63. The fraction of sp³-hybridized carbons (Fsp3) is 0.533. The molecule has 1 heterocycles. The van der Waals surface area contributed by atoms with Crippen molar-refractivity contribution in [1.82, 2.24) is 4.90 Å². The molecular formula is C15H21NO3. The van der Waals surface area contributed by atoms with Crippen molar-refractivity contribution in [2.24, 2.45) is 0 Å². The molecule has 1 aromatic rings. The Morgan fingerprint density at radius 2 is 2.16 bits per heavy atom. The van der Waals surface area contributed by atoms with Gasteiger partial charge in [-0.25, -0.2) is 4.79 Å². The van der Waals surface area contributed by atoms with Gasteiger partial charge in [0.1, 0.15) is 0 Å². The molecule has 0 bridgehead atoms. The number of carboxylic acids is 1. The Labute approximate surface area is 113 Å². The van der Waals surface area contributed by atoms with Crippen LogP contribution in [0.4, 0.5) is 0 Å². The van der Waals surface area contributed by atoms with Crippen LogP contribution in [-0.2, 0) is 6.54 Å². The predicted molar refractivity (Wildman–Crippen MR) is 73.2 cm³/mol. The minimum absolute atomic E-state index is 0.333. The quantitative estimate of drug-likeness (QED) is 0.877. The molecule has 0 aromatic heterocycles. The molecule has 2 rings (SSSR count). The molecule has 4 nitrogen and oxygen atoms in total. The number of hydrogen-bond donors (Lipinski definition) is 2. The first-order valence-corrected chi connectivity index (χ1v) is 6.73. The maximum Gasteiger partial charge on any atom is 0.335 e. The van der Waals surface area contributed by atoms with Gasteiger partial charge in [0, 0.05) is 13.1 Å². The van der Waals surface area contributed by atoms with E-state index in [-0.39, 0.29) is 0 Å². The molecular weight excluding hydrogens is 242 g/mol. The summed E-state index contributed by atoms with van der Waals surface area (Å²) in [7, 11) is 0. The van der Waals surface area contributed by atoms with Crippen molar-refractivity contribution < 1.29 is 15.0 Å². The number of rotatable bonds is 3. The summed E-state index contributed by atoms with van der Waals surface area (Å²) in [5, 5.41) is 19.0. The maximum atomic E-state index is 10.9. The fourth-order valence-electron chi connectivity index (χ4n) is 2.54. The van der Waals surface area contributed by atoms with Crippen LogP contribution in [0.2, 0.25) is 0 Å². The summed E-state index contributed by atoms with van der Waals surface area (Å²) in [4.78, 5) is 13.2. The van der Waals surface area contributed by atoms with Crippen molar-refractivity contribution in [3.8, 4) is 0 Å². The van der Waals surface area contributed by atoms with Crippen molar-refractivity contribution in [1.29, 1.82) is 0 Å². The first-order chi connectivity index (χ1) is 8.96. The topological polar surface area (TPSA) is 60.8 Å². The molecule has 1 unspecified atom stereocenters. The third-order valence-corrected chi connectivity index (χ3v) is 3.74. The van der Waals surface area contributed by atoms with Gasteiger partial charge in [0.25, 0.3) is 0 Å². The average molecular weight is 263 g/mol. The Balaban J connectivity index is 2.01. The van der Waals surface area contributed by atoms with Gasteiger partial charge < -0.3 is 10.2 Å². The number of nitrogens with zero attached hydrogens (tertiary/aromatic N) is 1. The highest BCUT2D eigenvalue weighted by Crippen LogP contribution is 2.22. The summed E-state index contributed by atoms with van der Waals surface area (Å²) < 4.78 is 0. The van der Waals surface area contributed by atoms with Gasteiger partial charge >= 0.3 is 5.97 Å². The number of aromatic carboxylic acids is 1. The molecule has 1 aliphatic heterocycles. The van der Waals surface area contributed by atoms with Crippen LogP contribution in [0.1, 0.15) is 42.1 Å². The smallest absolute Gasteiger partial charge is 0.335 e. The van der Waals surface area contributed by atoms with Gasteiger partial charge in [-0.2, -0.15) is 0 Å². The highest BCUT2D eigenvalue weighted by atomic mass is 16.4. The Morgan fingerprint density at radius 3 is 2.89 bits per heavy atom.